The molecule has 1 aromatic carbocycles. The van der Waals surface area contributed by atoms with Gasteiger partial charge in [0.1, 0.15) is 0 Å². The fourth-order valence-corrected chi connectivity index (χ4v) is 1.93. The first kappa shape index (κ1) is 13.8. The number of ether oxygens (including phenoxy) is 1. The van der Waals surface area contributed by atoms with Gasteiger partial charge in [-0.15, -0.1) is 0 Å². The topological polar surface area (TPSA) is 26.3 Å². The predicted octanol–water partition coefficient (Wildman–Crippen LogP) is 4.06. The van der Waals surface area contributed by atoms with Crippen LogP contribution in [0, 0.1) is 5.41 Å². The molecule has 2 heteroatoms. The maximum Gasteiger partial charge on any atom is 0.338 e. The van der Waals surface area contributed by atoms with E-state index in [0.717, 1.165) is 19.3 Å². The van der Waals surface area contributed by atoms with Crippen molar-refractivity contribution in [2.45, 2.75) is 40.0 Å². The third kappa shape index (κ3) is 3.58. The Morgan fingerprint density at radius 1 is 1.06 bits per heavy atom. The van der Waals surface area contributed by atoms with Gasteiger partial charge in [-0.2, -0.15) is 0 Å². The number of hydrogen-bond acceptors (Lipinski definition) is 2. The molecular weight excluding hydrogens is 212 g/mol. The van der Waals surface area contributed by atoms with E-state index in [1.807, 2.05) is 18.2 Å². The maximum atomic E-state index is 11.8. The summed E-state index contributed by atoms with van der Waals surface area (Å²) in [6.45, 7) is 6.99. The molecule has 1 rings (SSSR count). The van der Waals surface area contributed by atoms with Crippen LogP contribution in [-0.2, 0) is 4.74 Å². The van der Waals surface area contributed by atoms with Crippen LogP contribution in [0.15, 0.2) is 30.3 Å². The molecule has 0 N–H and O–H groups in total. The molecule has 0 aliphatic heterocycles. The molecule has 0 spiro atoms. The Bertz CT molecular complexity index is 331. The summed E-state index contributed by atoms with van der Waals surface area (Å²) >= 11 is 0. The summed E-state index contributed by atoms with van der Waals surface area (Å²) < 4.78 is 5.43. The SMILES string of the molecule is CCC(CC)(CC)COC(=O)c1ccccc1. The monoisotopic (exact) mass is 234 g/mol. The molecule has 0 aliphatic carbocycles. The van der Waals surface area contributed by atoms with Crippen LogP contribution >= 0.6 is 0 Å². The van der Waals surface area contributed by atoms with Crippen LogP contribution in [-0.4, -0.2) is 12.6 Å². The van der Waals surface area contributed by atoms with Crippen LogP contribution in [0.5, 0.6) is 0 Å². The molecule has 0 atom stereocenters. The largest absolute Gasteiger partial charge is 0.462 e. The summed E-state index contributed by atoms with van der Waals surface area (Å²) in [7, 11) is 0. The lowest BCUT2D eigenvalue weighted by atomic mass is 9.81. The van der Waals surface area contributed by atoms with E-state index in [-0.39, 0.29) is 11.4 Å². The lowest BCUT2D eigenvalue weighted by molar-refractivity contribution is 0.0246. The van der Waals surface area contributed by atoms with Gasteiger partial charge in [0.05, 0.1) is 12.2 Å². The van der Waals surface area contributed by atoms with Crippen molar-refractivity contribution in [1.82, 2.24) is 0 Å². The molecule has 0 amide bonds. The van der Waals surface area contributed by atoms with Gasteiger partial charge >= 0.3 is 5.97 Å². The number of carbonyl (C=O) groups is 1. The van der Waals surface area contributed by atoms with Crippen LogP contribution < -0.4 is 0 Å². The number of hydrogen-bond donors (Lipinski definition) is 0. The van der Waals surface area contributed by atoms with Gasteiger partial charge in [-0.3, -0.25) is 0 Å². The lowest BCUT2D eigenvalue weighted by Gasteiger charge is -2.29. The van der Waals surface area contributed by atoms with Crippen molar-refractivity contribution in [2.24, 2.45) is 5.41 Å². The minimum Gasteiger partial charge on any atom is -0.462 e. The van der Waals surface area contributed by atoms with Gasteiger partial charge < -0.3 is 4.74 Å². The number of benzene rings is 1. The van der Waals surface area contributed by atoms with Gasteiger partial charge in [0, 0.05) is 5.41 Å². The van der Waals surface area contributed by atoms with E-state index in [9.17, 15) is 4.79 Å². The van der Waals surface area contributed by atoms with Gasteiger partial charge in [-0.05, 0) is 31.4 Å². The van der Waals surface area contributed by atoms with Gasteiger partial charge in [-0.25, -0.2) is 4.79 Å². The van der Waals surface area contributed by atoms with Gasteiger partial charge in [-0.1, -0.05) is 39.0 Å². The molecule has 1 aromatic rings. The second-order valence-electron chi connectivity index (χ2n) is 4.50. The van der Waals surface area contributed by atoms with E-state index in [1.165, 1.54) is 0 Å². The third-order valence-corrected chi connectivity index (χ3v) is 3.77. The fourth-order valence-electron chi connectivity index (χ4n) is 1.93. The smallest absolute Gasteiger partial charge is 0.338 e. The molecule has 0 bridgehead atoms. The summed E-state index contributed by atoms with van der Waals surface area (Å²) in [5, 5.41) is 0. The second-order valence-corrected chi connectivity index (χ2v) is 4.50. The first-order valence-corrected chi connectivity index (χ1v) is 6.39. The van der Waals surface area contributed by atoms with E-state index in [0.29, 0.717) is 12.2 Å². The summed E-state index contributed by atoms with van der Waals surface area (Å²) in [5.41, 5.74) is 0.773. The highest BCUT2D eigenvalue weighted by molar-refractivity contribution is 5.89. The summed E-state index contributed by atoms with van der Waals surface area (Å²) in [5.74, 6) is -0.217. The van der Waals surface area contributed by atoms with E-state index >= 15 is 0 Å². The van der Waals surface area contributed by atoms with Crippen LogP contribution in [0.4, 0.5) is 0 Å². The third-order valence-electron chi connectivity index (χ3n) is 3.77. The normalized spacial score (nSPS) is 11.2. The van der Waals surface area contributed by atoms with Crippen molar-refractivity contribution in [1.29, 1.82) is 0 Å². The second kappa shape index (κ2) is 6.43. The standard InChI is InChI=1S/C15H22O2/c1-4-15(5-2,6-3)12-17-14(16)13-10-8-7-9-11-13/h7-11H,4-6,12H2,1-3H3. The van der Waals surface area contributed by atoms with Crippen molar-refractivity contribution >= 4 is 5.97 Å². The first-order valence-electron chi connectivity index (χ1n) is 6.39. The van der Waals surface area contributed by atoms with Crippen molar-refractivity contribution in [3.63, 3.8) is 0 Å². The zero-order valence-corrected chi connectivity index (χ0v) is 11.0. The van der Waals surface area contributed by atoms with Crippen molar-refractivity contribution < 1.29 is 9.53 Å². The Hall–Kier alpha value is -1.31. The molecule has 94 valence electrons. The van der Waals surface area contributed by atoms with Crippen LogP contribution in [0.3, 0.4) is 0 Å². The lowest BCUT2D eigenvalue weighted by Crippen LogP contribution is -2.26. The Morgan fingerprint density at radius 3 is 2.06 bits per heavy atom. The maximum absolute atomic E-state index is 11.8. The van der Waals surface area contributed by atoms with E-state index in [1.54, 1.807) is 12.1 Å². The molecule has 2 nitrogen and oxygen atoms in total. The molecule has 0 saturated heterocycles. The fraction of sp³-hybridized carbons (Fsp3) is 0.533. The molecule has 0 radical (unpaired) electrons. The Balaban J connectivity index is 2.59. The number of esters is 1. The van der Waals surface area contributed by atoms with E-state index < -0.39 is 0 Å². The molecule has 0 aliphatic rings. The van der Waals surface area contributed by atoms with Crippen LogP contribution in [0.1, 0.15) is 50.4 Å². The predicted molar refractivity (Wildman–Crippen MR) is 70.0 cm³/mol. The van der Waals surface area contributed by atoms with Gasteiger partial charge in [0.15, 0.2) is 0 Å². The van der Waals surface area contributed by atoms with Crippen molar-refractivity contribution in [3.8, 4) is 0 Å². The summed E-state index contributed by atoms with van der Waals surface area (Å²) in [6, 6.07) is 9.17. The molecule has 0 unspecified atom stereocenters. The van der Waals surface area contributed by atoms with Crippen molar-refractivity contribution in [2.75, 3.05) is 6.61 Å². The van der Waals surface area contributed by atoms with Gasteiger partial charge in [0.2, 0.25) is 0 Å². The zero-order chi connectivity index (χ0) is 12.7. The van der Waals surface area contributed by atoms with Crippen LogP contribution in [0.25, 0.3) is 0 Å². The molecule has 0 saturated carbocycles. The van der Waals surface area contributed by atoms with Crippen LogP contribution in [0.2, 0.25) is 0 Å². The molecule has 0 aromatic heterocycles. The Kier molecular flexibility index (Phi) is 5.20. The highest BCUT2D eigenvalue weighted by Crippen LogP contribution is 2.30. The minimum absolute atomic E-state index is 0.143. The summed E-state index contributed by atoms with van der Waals surface area (Å²) in [6.07, 6.45) is 3.13. The zero-order valence-electron chi connectivity index (χ0n) is 11.0. The van der Waals surface area contributed by atoms with Crippen molar-refractivity contribution in [3.05, 3.63) is 35.9 Å². The first-order chi connectivity index (χ1) is 8.17. The molecule has 17 heavy (non-hydrogen) atoms. The average Bonchev–Trinajstić information content (AvgIpc) is 2.41. The minimum atomic E-state index is -0.217. The highest BCUT2D eigenvalue weighted by atomic mass is 16.5. The quantitative estimate of drug-likeness (QED) is 0.694. The van der Waals surface area contributed by atoms with E-state index in [2.05, 4.69) is 20.8 Å². The average molecular weight is 234 g/mol. The van der Waals surface area contributed by atoms with Gasteiger partial charge in [0.25, 0.3) is 0 Å². The number of rotatable bonds is 6. The Labute approximate surface area is 104 Å². The van der Waals surface area contributed by atoms with E-state index in [4.69, 9.17) is 4.74 Å². The molecule has 0 heterocycles. The molecule has 0 fully saturated rings. The Morgan fingerprint density at radius 2 is 1.59 bits per heavy atom. The summed E-state index contributed by atoms with van der Waals surface area (Å²) in [4.78, 5) is 11.8. The highest BCUT2D eigenvalue weighted by Gasteiger charge is 2.25. The molecular formula is C15H22O2. The number of carbonyl (C=O) groups excluding carboxylic acids is 1.